The molecule has 1 aliphatic rings. The SMILES string of the molecule is CC(C#N)(NC(=O)CN(CCCO)c1ccccc1)C1CC1. The fraction of sp³-hybridized carbons (Fsp3) is 0.529. The van der Waals surface area contributed by atoms with Gasteiger partial charge in [-0.1, -0.05) is 18.2 Å². The molecule has 2 N–H and O–H groups in total. The number of hydrogen-bond donors (Lipinski definition) is 2. The maximum atomic E-state index is 12.3. The molecule has 0 saturated heterocycles. The number of nitrogens with zero attached hydrogens (tertiary/aromatic N) is 2. The Hall–Kier alpha value is -2.06. The van der Waals surface area contributed by atoms with E-state index >= 15 is 0 Å². The standard InChI is InChI=1S/C17H23N3O2/c1-17(13-18,14-8-9-14)19-16(22)12-20(10-5-11-21)15-6-3-2-4-7-15/h2-4,6-7,14,21H,5,8-12H2,1H3,(H,19,22). The van der Waals surface area contributed by atoms with E-state index < -0.39 is 5.54 Å². The maximum Gasteiger partial charge on any atom is 0.240 e. The zero-order chi connectivity index (χ0) is 16.0. The number of nitrogens with one attached hydrogen (secondary N) is 1. The summed E-state index contributed by atoms with van der Waals surface area (Å²) in [6, 6.07) is 11.9. The molecule has 1 amide bonds. The number of carbonyl (C=O) groups excluding carboxylic acids is 1. The number of benzene rings is 1. The van der Waals surface area contributed by atoms with Crippen LogP contribution in [0.3, 0.4) is 0 Å². The minimum atomic E-state index is -0.767. The lowest BCUT2D eigenvalue weighted by Gasteiger charge is -2.28. The summed E-state index contributed by atoms with van der Waals surface area (Å²) in [7, 11) is 0. The van der Waals surface area contributed by atoms with E-state index in [1.54, 1.807) is 6.92 Å². The van der Waals surface area contributed by atoms with Crippen molar-refractivity contribution in [2.75, 3.05) is 24.6 Å². The van der Waals surface area contributed by atoms with Crippen LogP contribution in [0.1, 0.15) is 26.2 Å². The molecule has 0 heterocycles. The van der Waals surface area contributed by atoms with Crippen LogP contribution >= 0.6 is 0 Å². The summed E-state index contributed by atoms with van der Waals surface area (Å²) in [5.74, 6) is 0.113. The Morgan fingerprint density at radius 2 is 2.14 bits per heavy atom. The van der Waals surface area contributed by atoms with Crippen LogP contribution in [0.4, 0.5) is 5.69 Å². The number of carbonyl (C=O) groups is 1. The van der Waals surface area contributed by atoms with Crippen LogP contribution in [0, 0.1) is 17.2 Å². The number of aliphatic hydroxyl groups excluding tert-OH is 1. The largest absolute Gasteiger partial charge is 0.396 e. The number of anilines is 1. The van der Waals surface area contributed by atoms with Crippen molar-refractivity contribution in [3.05, 3.63) is 30.3 Å². The van der Waals surface area contributed by atoms with Gasteiger partial charge in [0, 0.05) is 18.8 Å². The number of hydrogen-bond acceptors (Lipinski definition) is 4. The summed E-state index contributed by atoms with van der Waals surface area (Å²) in [6.45, 7) is 2.67. The van der Waals surface area contributed by atoms with Crippen LogP contribution in [0.15, 0.2) is 30.3 Å². The second kappa shape index (κ2) is 7.28. The average molecular weight is 301 g/mol. The number of nitriles is 1. The Morgan fingerprint density at radius 3 is 2.68 bits per heavy atom. The molecule has 1 atom stereocenters. The molecule has 5 nitrogen and oxygen atoms in total. The minimum Gasteiger partial charge on any atom is -0.396 e. The zero-order valence-corrected chi connectivity index (χ0v) is 13.0. The van der Waals surface area contributed by atoms with Crippen molar-refractivity contribution in [2.24, 2.45) is 5.92 Å². The van der Waals surface area contributed by atoms with Gasteiger partial charge in [-0.2, -0.15) is 5.26 Å². The normalized spacial score (nSPS) is 16.4. The first-order valence-corrected chi connectivity index (χ1v) is 7.72. The second-order valence-corrected chi connectivity index (χ2v) is 5.97. The van der Waals surface area contributed by atoms with Crippen LogP contribution in [0.2, 0.25) is 0 Å². The molecule has 0 bridgehead atoms. The Morgan fingerprint density at radius 1 is 1.45 bits per heavy atom. The number of aliphatic hydroxyl groups is 1. The fourth-order valence-corrected chi connectivity index (χ4v) is 2.58. The van der Waals surface area contributed by atoms with Crippen molar-refractivity contribution in [3.63, 3.8) is 0 Å². The van der Waals surface area contributed by atoms with E-state index in [1.807, 2.05) is 35.2 Å². The van der Waals surface area contributed by atoms with E-state index in [-0.39, 0.29) is 25.0 Å². The van der Waals surface area contributed by atoms with E-state index in [9.17, 15) is 10.1 Å². The lowest BCUT2D eigenvalue weighted by atomic mass is 9.98. The van der Waals surface area contributed by atoms with Gasteiger partial charge in [0.2, 0.25) is 5.91 Å². The first-order chi connectivity index (χ1) is 10.6. The van der Waals surface area contributed by atoms with Gasteiger partial charge in [0.05, 0.1) is 12.6 Å². The lowest BCUT2D eigenvalue weighted by molar-refractivity contribution is -0.121. The molecule has 0 aromatic heterocycles. The molecule has 0 aliphatic heterocycles. The van der Waals surface area contributed by atoms with Gasteiger partial charge >= 0.3 is 0 Å². The quantitative estimate of drug-likeness (QED) is 0.766. The van der Waals surface area contributed by atoms with Crippen molar-refractivity contribution in [3.8, 4) is 6.07 Å². The molecule has 1 aromatic rings. The summed E-state index contributed by atoms with van der Waals surface area (Å²) in [5.41, 5.74) is 0.173. The topological polar surface area (TPSA) is 76.4 Å². The highest BCUT2D eigenvalue weighted by Gasteiger charge is 2.43. The first-order valence-electron chi connectivity index (χ1n) is 7.72. The molecule has 1 saturated carbocycles. The van der Waals surface area contributed by atoms with E-state index in [0.717, 1.165) is 18.5 Å². The molecular weight excluding hydrogens is 278 g/mol. The smallest absolute Gasteiger partial charge is 0.240 e. The van der Waals surface area contributed by atoms with Gasteiger partial charge in [0.1, 0.15) is 5.54 Å². The molecule has 0 spiro atoms. The van der Waals surface area contributed by atoms with E-state index in [2.05, 4.69) is 11.4 Å². The molecule has 1 unspecified atom stereocenters. The second-order valence-electron chi connectivity index (χ2n) is 5.97. The van der Waals surface area contributed by atoms with Crippen LogP contribution in [-0.4, -0.2) is 36.2 Å². The molecule has 2 rings (SSSR count). The van der Waals surface area contributed by atoms with Crippen molar-refractivity contribution >= 4 is 11.6 Å². The van der Waals surface area contributed by atoms with Gasteiger partial charge in [-0.25, -0.2) is 0 Å². The summed E-state index contributed by atoms with van der Waals surface area (Å²) >= 11 is 0. The third-order valence-corrected chi connectivity index (χ3v) is 4.07. The van der Waals surface area contributed by atoms with Crippen LogP contribution in [-0.2, 0) is 4.79 Å². The monoisotopic (exact) mass is 301 g/mol. The number of amides is 1. The van der Waals surface area contributed by atoms with Crippen LogP contribution in [0.5, 0.6) is 0 Å². The van der Waals surface area contributed by atoms with Gasteiger partial charge < -0.3 is 15.3 Å². The Balaban J connectivity index is 2.00. The third-order valence-electron chi connectivity index (χ3n) is 4.07. The van der Waals surface area contributed by atoms with Crippen LogP contribution < -0.4 is 10.2 Å². The molecule has 1 fully saturated rings. The van der Waals surface area contributed by atoms with E-state index in [0.29, 0.717) is 13.0 Å². The van der Waals surface area contributed by atoms with Gasteiger partial charge in [-0.05, 0) is 44.2 Å². The highest BCUT2D eigenvalue weighted by molar-refractivity contribution is 5.82. The lowest BCUT2D eigenvalue weighted by Crippen LogP contribution is -2.50. The highest BCUT2D eigenvalue weighted by atomic mass is 16.3. The summed E-state index contributed by atoms with van der Waals surface area (Å²) in [6.07, 6.45) is 2.59. The molecule has 1 aliphatic carbocycles. The van der Waals surface area contributed by atoms with Crippen molar-refractivity contribution in [1.82, 2.24) is 5.32 Å². The Kier molecular flexibility index (Phi) is 5.40. The van der Waals surface area contributed by atoms with Crippen molar-refractivity contribution in [2.45, 2.75) is 31.7 Å². The van der Waals surface area contributed by atoms with Crippen molar-refractivity contribution < 1.29 is 9.90 Å². The molecule has 22 heavy (non-hydrogen) atoms. The molecule has 0 radical (unpaired) electrons. The number of rotatable bonds is 8. The first kappa shape index (κ1) is 16.3. The van der Waals surface area contributed by atoms with Gasteiger partial charge in [0.25, 0.3) is 0 Å². The zero-order valence-electron chi connectivity index (χ0n) is 13.0. The fourth-order valence-electron chi connectivity index (χ4n) is 2.58. The minimum absolute atomic E-state index is 0.0862. The van der Waals surface area contributed by atoms with Gasteiger partial charge in [0.15, 0.2) is 0 Å². The summed E-state index contributed by atoms with van der Waals surface area (Å²) < 4.78 is 0. The molecule has 118 valence electrons. The van der Waals surface area contributed by atoms with Gasteiger partial charge in [-0.3, -0.25) is 4.79 Å². The maximum absolute atomic E-state index is 12.3. The van der Waals surface area contributed by atoms with E-state index in [4.69, 9.17) is 5.11 Å². The number of para-hydroxylation sites is 1. The average Bonchev–Trinajstić information content (AvgIpc) is 3.37. The third kappa shape index (κ3) is 4.22. The van der Waals surface area contributed by atoms with Crippen LogP contribution in [0.25, 0.3) is 0 Å². The van der Waals surface area contributed by atoms with E-state index in [1.165, 1.54) is 0 Å². The predicted octanol–water partition coefficient (Wildman–Crippen LogP) is 1.68. The summed E-state index contributed by atoms with van der Waals surface area (Å²) in [4.78, 5) is 14.3. The Labute approximate surface area is 131 Å². The molecule has 5 heteroatoms. The van der Waals surface area contributed by atoms with Crippen molar-refractivity contribution in [1.29, 1.82) is 5.26 Å². The summed E-state index contributed by atoms with van der Waals surface area (Å²) in [5, 5.41) is 21.2. The molecule has 1 aromatic carbocycles. The Bertz CT molecular complexity index is 537. The highest BCUT2D eigenvalue weighted by Crippen LogP contribution is 2.39. The van der Waals surface area contributed by atoms with Gasteiger partial charge in [-0.15, -0.1) is 0 Å². The molecular formula is C17H23N3O2. The predicted molar refractivity (Wildman–Crippen MR) is 85.2 cm³/mol.